The van der Waals surface area contributed by atoms with Crippen molar-refractivity contribution in [1.82, 2.24) is 19.9 Å². The maximum absolute atomic E-state index is 12.8. The van der Waals surface area contributed by atoms with Gasteiger partial charge in [-0.15, -0.1) is 11.3 Å². The lowest BCUT2D eigenvalue weighted by molar-refractivity contribution is 0.0273. The number of amides is 1. The van der Waals surface area contributed by atoms with Crippen LogP contribution in [-0.4, -0.2) is 57.8 Å². The largest absolute Gasteiger partial charge is 0.442 e. The Morgan fingerprint density at radius 2 is 1.79 bits per heavy atom. The molecule has 0 bridgehead atoms. The first-order valence-corrected chi connectivity index (χ1v) is 11.3. The molecule has 2 fully saturated rings. The monoisotopic (exact) mass is 417 g/mol. The second-order valence-corrected chi connectivity index (χ2v) is 10.2. The van der Waals surface area contributed by atoms with Crippen molar-refractivity contribution >= 4 is 33.5 Å². The molecule has 158 valence electrons. The van der Waals surface area contributed by atoms with Crippen molar-refractivity contribution in [2.75, 3.05) is 31.2 Å². The molecule has 0 radical (unpaired) electrons. The van der Waals surface area contributed by atoms with Crippen molar-refractivity contribution in [2.24, 2.45) is 0 Å². The first kappa shape index (κ1) is 20.3. The zero-order chi connectivity index (χ0) is 20.8. The molecule has 0 aromatic carbocycles. The van der Waals surface area contributed by atoms with E-state index in [0.29, 0.717) is 6.54 Å². The van der Waals surface area contributed by atoms with Gasteiger partial charge < -0.3 is 4.74 Å². The molecule has 29 heavy (non-hydrogen) atoms. The maximum atomic E-state index is 12.8. The number of anilines is 1. The van der Waals surface area contributed by atoms with E-state index in [2.05, 4.69) is 18.7 Å². The molecule has 0 unspecified atom stereocenters. The fraction of sp³-hybridized carbons (Fsp3) is 0.667. The van der Waals surface area contributed by atoms with E-state index in [1.807, 2.05) is 25.8 Å². The average Bonchev–Trinajstić information content (AvgIpc) is 3.35. The number of hydrogen-bond acceptors (Lipinski definition) is 7. The summed E-state index contributed by atoms with van der Waals surface area (Å²) in [7, 11) is 0. The molecule has 0 N–H and O–H groups in total. The van der Waals surface area contributed by atoms with Crippen LogP contribution in [0.4, 0.5) is 10.6 Å². The number of hydrazine groups is 1. The normalized spacial score (nSPS) is 18.2. The van der Waals surface area contributed by atoms with Crippen molar-refractivity contribution in [2.45, 2.75) is 66.0 Å². The number of ether oxygens (including phenoxy) is 1. The molecule has 0 aliphatic carbocycles. The van der Waals surface area contributed by atoms with Gasteiger partial charge in [0.2, 0.25) is 0 Å². The van der Waals surface area contributed by atoms with E-state index < -0.39 is 5.60 Å². The molecule has 0 spiro atoms. The molecule has 1 amide bonds. The van der Waals surface area contributed by atoms with Crippen molar-refractivity contribution in [3.8, 4) is 0 Å². The molecular formula is C21H31N5O2S. The highest BCUT2D eigenvalue weighted by Crippen LogP contribution is 2.37. The quantitative estimate of drug-likeness (QED) is 0.743. The predicted octanol–water partition coefficient (Wildman–Crippen LogP) is 4.27. The summed E-state index contributed by atoms with van der Waals surface area (Å²) in [6.45, 7) is 14.3. The zero-order valence-corrected chi connectivity index (χ0v) is 18.9. The number of rotatable bonds is 3. The van der Waals surface area contributed by atoms with Gasteiger partial charge in [0.1, 0.15) is 16.3 Å². The van der Waals surface area contributed by atoms with Crippen molar-refractivity contribution in [3.63, 3.8) is 0 Å². The number of nitrogens with zero attached hydrogens (tertiary/aromatic N) is 5. The topological polar surface area (TPSA) is 61.8 Å². The first-order valence-electron chi connectivity index (χ1n) is 10.5. The number of likely N-dealkylation sites (tertiary alicyclic amines) is 1. The number of thiophene rings is 1. The zero-order valence-electron chi connectivity index (χ0n) is 18.1. The molecule has 7 nitrogen and oxygen atoms in total. The van der Waals surface area contributed by atoms with Gasteiger partial charge in [-0.3, -0.25) is 9.91 Å². The molecule has 2 aromatic heterocycles. The highest BCUT2D eigenvalue weighted by Gasteiger charge is 2.34. The Kier molecular flexibility index (Phi) is 5.42. The molecule has 0 atom stereocenters. The Morgan fingerprint density at radius 3 is 2.48 bits per heavy atom. The number of carbonyl (C=O) groups is 1. The minimum absolute atomic E-state index is 0.313. The van der Waals surface area contributed by atoms with E-state index in [1.54, 1.807) is 16.3 Å². The number of aryl methyl sites for hydroxylation is 2. The second kappa shape index (κ2) is 7.72. The van der Waals surface area contributed by atoms with Gasteiger partial charge >= 0.3 is 6.09 Å². The molecule has 4 heterocycles. The number of carbonyl (C=O) groups excluding carboxylic acids is 1. The molecule has 2 aliphatic heterocycles. The van der Waals surface area contributed by atoms with Crippen LogP contribution in [0.2, 0.25) is 0 Å². The van der Waals surface area contributed by atoms with E-state index in [9.17, 15) is 4.79 Å². The van der Waals surface area contributed by atoms with Crippen LogP contribution in [0.25, 0.3) is 10.2 Å². The summed E-state index contributed by atoms with van der Waals surface area (Å²) < 4.78 is 5.66. The van der Waals surface area contributed by atoms with E-state index >= 15 is 0 Å². The third-order valence-corrected chi connectivity index (χ3v) is 6.60. The van der Waals surface area contributed by atoms with Crippen LogP contribution in [-0.2, 0) is 11.3 Å². The minimum Gasteiger partial charge on any atom is -0.442 e. The highest BCUT2D eigenvalue weighted by molar-refractivity contribution is 7.18. The van der Waals surface area contributed by atoms with Crippen molar-refractivity contribution in [1.29, 1.82) is 0 Å². The minimum atomic E-state index is -0.526. The average molecular weight is 418 g/mol. The summed E-state index contributed by atoms with van der Waals surface area (Å²) in [4.78, 5) is 27.4. The fourth-order valence-electron chi connectivity index (χ4n) is 4.01. The standard InChI is InChI=1S/C21H31N5O2S/c1-14-15(2)29-19-17(14)18(22-16(23-19)13-24-9-6-7-10-24)25-11-8-12-26(25)20(27)28-21(3,4)5/h6-13H2,1-5H3. The van der Waals surface area contributed by atoms with E-state index in [-0.39, 0.29) is 6.09 Å². The smallest absolute Gasteiger partial charge is 0.429 e. The summed E-state index contributed by atoms with van der Waals surface area (Å²) in [5, 5.41) is 4.78. The second-order valence-electron chi connectivity index (χ2n) is 8.99. The van der Waals surface area contributed by atoms with Crippen LogP contribution in [0.3, 0.4) is 0 Å². The summed E-state index contributed by atoms with van der Waals surface area (Å²) in [5.41, 5.74) is 0.672. The van der Waals surface area contributed by atoms with Crippen LogP contribution >= 0.6 is 11.3 Å². The summed E-state index contributed by atoms with van der Waals surface area (Å²) >= 11 is 1.71. The molecule has 2 saturated heterocycles. The van der Waals surface area contributed by atoms with E-state index in [4.69, 9.17) is 14.7 Å². The van der Waals surface area contributed by atoms with Gasteiger partial charge in [0.05, 0.1) is 11.9 Å². The van der Waals surface area contributed by atoms with Crippen LogP contribution in [0.1, 0.15) is 56.3 Å². The Hall–Kier alpha value is -1.93. The van der Waals surface area contributed by atoms with Gasteiger partial charge in [-0.1, -0.05) is 0 Å². The molecule has 0 saturated carbocycles. The Balaban J connectivity index is 1.73. The van der Waals surface area contributed by atoms with Crippen LogP contribution in [0.5, 0.6) is 0 Å². The van der Waals surface area contributed by atoms with Crippen molar-refractivity contribution < 1.29 is 9.53 Å². The van der Waals surface area contributed by atoms with Gasteiger partial charge in [0.15, 0.2) is 5.82 Å². The number of aromatic nitrogens is 2. The van der Waals surface area contributed by atoms with Crippen LogP contribution < -0.4 is 5.01 Å². The molecular weight excluding hydrogens is 386 g/mol. The Labute approximate surface area is 176 Å². The maximum Gasteiger partial charge on any atom is 0.429 e. The number of fused-ring (bicyclic) bond motifs is 1. The third-order valence-electron chi connectivity index (χ3n) is 5.50. The SMILES string of the molecule is Cc1sc2nc(CN3CCCC3)nc(N3CCCN3C(=O)OC(C)(C)C)c2c1C. The molecule has 2 aromatic rings. The first-order chi connectivity index (χ1) is 13.7. The summed E-state index contributed by atoms with van der Waals surface area (Å²) in [6, 6.07) is 0. The lowest BCUT2D eigenvalue weighted by Gasteiger charge is -2.31. The fourth-order valence-corrected chi connectivity index (χ4v) is 5.05. The summed E-state index contributed by atoms with van der Waals surface area (Å²) in [5.74, 6) is 1.68. The van der Waals surface area contributed by atoms with Gasteiger partial charge in [-0.25, -0.2) is 19.8 Å². The molecule has 8 heteroatoms. The Morgan fingerprint density at radius 1 is 1.07 bits per heavy atom. The van der Waals surface area contributed by atoms with Gasteiger partial charge in [-0.05, 0) is 72.5 Å². The lowest BCUT2D eigenvalue weighted by Crippen LogP contribution is -2.44. The third kappa shape index (κ3) is 4.19. The number of hydrogen-bond donors (Lipinski definition) is 0. The van der Waals surface area contributed by atoms with Gasteiger partial charge in [-0.2, -0.15) is 0 Å². The van der Waals surface area contributed by atoms with Gasteiger partial charge in [0.25, 0.3) is 0 Å². The van der Waals surface area contributed by atoms with E-state index in [0.717, 1.165) is 54.5 Å². The highest BCUT2D eigenvalue weighted by atomic mass is 32.1. The van der Waals surface area contributed by atoms with Gasteiger partial charge in [0, 0.05) is 18.0 Å². The summed E-state index contributed by atoms with van der Waals surface area (Å²) in [6.07, 6.45) is 3.07. The Bertz CT molecular complexity index is 914. The van der Waals surface area contributed by atoms with Crippen LogP contribution in [0.15, 0.2) is 0 Å². The molecule has 2 aliphatic rings. The predicted molar refractivity (Wildman–Crippen MR) is 116 cm³/mol. The van der Waals surface area contributed by atoms with E-state index in [1.165, 1.54) is 23.3 Å². The molecule has 4 rings (SSSR count). The lowest BCUT2D eigenvalue weighted by atomic mass is 10.2. The van der Waals surface area contributed by atoms with Crippen LogP contribution in [0, 0.1) is 13.8 Å². The van der Waals surface area contributed by atoms with Crippen molar-refractivity contribution in [3.05, 3.63) is 16.3 Å².